The SMILES string of the molecule is CCC(=O)O.CCCCCCC=C(OC1CCCCO1)C1CC(=O)C(C(=O)OCC)C1. The molecule has 1 aliphatic heterocycles. The number of Topliss-reactive ketones (excluding diaryl/α,β-unsaturated/α-hetero) is 1. The number of allylic oxidation sites excluding steroid dienone is 2. The van der Waals surface area contributed by atoms with Crippen LogP contribution in [0.15, 0.2) is 11.8 Å². The van der Waals surface area contributed by atoms with E-state index in [0.29, 0.717) is 19.4 Å². The highest BCUT2D eigenvalue weighted by Gasteiger charge is 2.41. The van der Waals surface area contributed by atoms with Crippen LogP contribution in [0.5, 0.6) is 0 Å². The van der Waals surface area contributed by atoms with Crippen molar-refractivity contribution in [3.05, 3.63) is 11.8 Å². The van der Waals surface area contributed by atoms with E-state index in [1.54, 1.807) is 13.8 Å². The Kier molecular flexibility index (Phi) is 13.9. The van der Waals surface area contributed by atoms with Gasteiger partial charge in [0.15, 0.2) is 6.29 Å². The van der Waals surface area contributed by atoms with E-state index in [0.717, 1.165) is 44.5 Å². The third-order valence-electron chi connectivity index (χ3n) is 5.44. The Labute approximate surface area is 186 Å². The number of aliphatic carboxylic acids is 1. The fraction of sp³-hybridized carbons (Fsp3) is 0.792. The van der Waals surface area contributed by atoms with Crippen molar-refractivity contribution in [3.8, 4) is 0 Å². The number of carbonyl (C=O) groups excluding carboxylic acids is 2. The molecule has 2 rings (SSSR count). The normalized spacial score (nSPS) is 23.6. The van der Waals surface area contributed by atoms with Crippen molar-refractivity contribution >= 4 is 17.7 Å². The number of esters is 1. The van der Waals surface area contributed by atoms with E-state index in [1.165, 1.54) is 19.3 Å². The molecule has 0 bridgehead atoms. The fourth-order valence-corrected chi connectivity index (χ4v) is 3.65. The molecule has 2 aliphatic rings. The Hall–Kier alpha value is -1.89. The van der Waals surface area contributed by atoms with Gasteiger partial charge in [0.2, 0.25) is 0 Å². The summed E-state index contributed by atoms with van der Waals surface area (Å²) in [5.74, 6) is -0.999. The highest BCUT2D eigenvalue weighted by Crippen LogP contribution is 2.36. The first kappa shape index (κ1) is 27.1. The summed E-state index contributed by atoms with van der Waals surface area (Å²) in [5.41, 5.74) is 0. The summed E-state index contributed by atoms with van der Waals surface area (Å²) in [5, 5.41) is 7.72. The second-order valence-corrected chi connectivity index (χ2v) is 8.02. The summed E-state index contributed by atoms with van der Waals surface area (Å²) in [4.78, 5) is 33.7. The van der Waals surface area contributed by atoms with Crippen molar-refractivity contribution < 1.29 is 33.7 Å². The number of carboxylic acids is 1. The van der Waals surface area contributed by atoms with Gasteiger partial charge in [-0.15, -0.1) is 0 Å². The molecule has 1 heterocycles. The minimum atomic E-state index is -0.745. The van der Waals surface area contributed by atoms with E-state index >= 15 is 0 Å². The third kappa shape index (κ3) is 10.8. The topological polar surface area (TPSA) is 99.1 Å². The quantitative estimate of drug-likeness (QED) is 0.208. The lowest BCUT2D eigenvalue weighted by atomic mass is 10.0. The standard InChI is InChI=1S/C21H34O5.C3H6O2/c1-3-5-6-7-8-11-19(26-20-12-9-10-13-25-20)16-14-17(18(22)15-16)21(23)24-4-2;1-2-3(4)5/h11,16-17,20H,3-10,12-15H2,1-2H3;2H2,1H3,(H,4,5). The van der Waals surface area contributed by atoms with Crippen molar-refractivity contribution in [2.45, 2.75) is 97.7 Å². The van der Waals surface area contributed by atoms with Crippen LogP contribution in [0.25, 0.3) is 0 Å². The van der Waals surface area contributed by atoms with Crippen molar-refractivity contribution in [3.63, 3.8) is 0 Å². The predicted octanol–water partition coefficient (Wildman–Crippen LogP) is 5.02. The molecule has 0 aromatic rings. The minimum Gasteiger partial charge on any atom is -0.481 e. The lowest BCUT2D eigenvalue weighted by Crippen LogP contribution is -2.24. The van der Waals surface area contributed by atoms with Crippen molar-refractivity contribution in [1.29, 1.82) is 0 Å². The van der Waals surface area contributed by atoms with Crippen LogP contribution < -0.4 is 0 Å². The molecule has 1 N–H and O–H groups in total. The Morgan fingerprint density at radius 2 is 1.90 bits per heavy atom. The molecule has 3 atom stereocenters. The van der Waals surface area contributed by atoms with Gasteiger partial charge in [0, 0.05) is 25.2 Å². The monoisotopic (exact) mass is 440 g/mol. The van der Waals surface area contributed by atoms with Gasteiger partial charge in [-0.05, 0) is 45.1 Å². The second-order valence-electron chi connectivity index (χ2n) is 8.02. The van der Waals surface area contributed by atoms with Crippen LogP contribution in [0.2, 0.25) is 0 Å². The lowest BCUT2D eigenvalue weighted by Gasteiger charge is -2.27. The molecule has 0 aromatic carbocycles. The van der Waals surface area contributed by atoms with E-state index in [4.69, 9.17) is 19.3 Å². The number of carboxylic acid groups (broad SMARTS) is 1. The Balaban J connectivity index is 0.000000861. The van der Waals surface area contributed by atoms with E-state index < -0.39 is 17.9 Å². The van der Waals surface area contributed by atoms with Crippen LogP contribution in [-0.4, -0.2) is 42.3 Å². The average molecular weight is 441 g/mol. The molecular formula is C24H40O7. The maximum atomic E-state index is 12.3. The van der Waals surface area contributed by atoms with Gasteiger partial charge in [0.1, 0.15) is 11.7 Å². The van der Waals surface area contributed by atoms with E-state index in [-0.39, 0.29) is 24.4 Å². The van der Waals surface area contributed by atoms with Crippen LogP contribution in [0.1, 0.15) is 91.4 Å². The van der Waals surface area contributed by atoms with Crippen molar-refractivity contribution in [2.75, 3.05) is 13.2 Å². The summed E-state index contributed by atoms with van der Waals surface area (Å²) in [7, 11) is 0. The number of carbonyl (C=O) groups is 3. The maximum Gasteiger partial charge on any atom is 0.316 e. The Bertz CT molecular complexity index is 578. The fourth-order valence-electron chi connectivity index (χ4n) is 3.65. The number of rotatable bonds is 11. The van der Waals surface area contributed by atoms with Gasteiger partial charge < -0.3 is 19.3 Å². The van der Waals surface area contributed by atoms with Gasteiger partial charge in [-0.3, -0.25) is 14.4 Å². The molecule has 1 saturated carbocycles. The first-order valence-electron chi connectivity index (χ1n) is 11.8. The number of hydrogen-bond acceptors (Lipinski definition) is 6. The second kappa shape index (κ2) is 15.8. The molecule has 1 aliphatic carbocycles. The zero-order valence-corrected chi connectivity index (χ0v) is 19.4. The number of ketones is 1. The first-order chi connectivity index (χ1) is 14.9. The van der Waals surface area contributed by atoms with Gasteiger partial charge in [-0.2, -0.15) is 0 Å². The molecule has 0 aromatic heterocycles. The highest BCUT2D eigenvalue weighted by molar-refractivity contribution is 6.00. The summed E-state index contributed by atoms with van der Waals surface area (Å²) in [6, 6.07) is 0. The molecule has 3 unspecified atom stereocenters. The first-order valence-corrected chi connectivity index (χ1v) is 11.8. The van der Waals surface area contributed by atoms with Crippen LogP contribution >= 0.6 is 0 Å². The van der Waals surface area contributed by atoms with Crippen LogP contribution in [0.3, 0.4) is 0 Å². The van der Waals surface area contributed by atoms with Crippen molar-refractivity contribution in [1.82, 2.24) is 0 Å². The van der Waals surface area contributed by atoms with Crippen LogP contribution in [-0.2, 0) is 28.6 Å². The summed E-state index contributed by atoms with van der Waals surface area (Å²) >= 11 is 0. The van der Waals surface area contributed by atoms with Gasteiger partial charge in [-0.25, -0.2) is 0 Å². The summed E-state index contributed by atoms with van der Waals surface area (Å²) in [6.07, 6.45) is 11.7. The average Bonchev–Trinajstić information content (AvgIpc) is 3.15. The smallest absolute Gasteiger partial charge is 0.316 e. The van der Waals surface area contributed by atoms with Gasteiger partial charge in [-0.1, -0.05) is 33.1 Å². The molecule has 0 radical (unpaired) electrons. The largest absolute Gasteiger partial charge is 0.481 e. The molecule has 178 valence electrons. The number of hydrogen-bond donors (Lipinski definition) is 1. The van der Waals surface area contributed by atoms with E-state index in [2.05, 4.69) is 13.0 Å². The summed E-state index contributed by atoms with van der Waals surface area (Å²) < 4.78 is 16.9. The van der Waals surface area contributed by atoms with Crippen LogP contribution in [0.4, 0.5) is 0 Å². The van der Waals surface area contributed by atoms with Gasteiger partial charge >= 0.3 is 11.9 Å². The molecule has 0 amide bonds. The Morgan fingerprint density at radius 1 is 1.16 bits per heavy atom. The Morgan fingerprint density at radius 3 is 2.48 bits per heavy atom. The van der Waals surface area contributed by atoms with Crippen molar-refractivity contribution in [2.24, 2.45) is 11.8 Å². The molecule has 7 nitrogen and oxygen atoms in total. The molecule has 2 fully saturated rings. The lowest BCUT2D eigenvalue weighted by molar-refractivity contribution is -0.150. The molecular weight excluding hydrogens is 400 g/mol. The van der Waals surface area contributed by atoms with Gasteiger partial charge in [0.25, 0.3) is 0 Å². The summed E-state index contributed by atoms with van der Waals surface area (Å²) in [6.45, 7) is 6.59. The highest BCUT2D eigenvalue weighted by atomic mass is 16.7. The molecule has 1 saturated heterocycles. The van der Waals surface area contributed by atoms with E-state index in [9.17, 15) is 14.4 Å². The van der Waals surface area contributed by atoms with E-state index in [1.807, 2.05) is 0 Å². The number of unbranched alkanes of at least 4 members (excludes halogenated alkanes) is 4. The molecule has 7 heteroatoms. The maximum absolute atomic E-state index is 12.3. The molecule has 31 heavy (non-hydrogen) atoms. The van der Waals surface area contributed by atoms with Gasteiger partial charge in [0.05, 0.1) is 19.0 Å². The molecule has 0 spiro atoms. The zero-order valence-electron chi connectivity index (χ0n) is 19.4. The van der Waals surface area contributed by atoms with Crippen LogP contribution in [0, 0.1) is 11.8 Å². The predicted molar refractivity (Wildman–Crippen MR) is 117 cm³/mol. The third-order valence-corrected chi connectivity index (χ3v) is 5.44. The minimum absolute atomic E-state index is 0.0292. The zero-order chi connectivity index (χ0) is 23.1. The number of ether oxygens (including phenoxy) is 3.